The van der Waals surface area contributed by atoms with Crippen LogP contribution in [-0.4, -0.2) is 15.5 Å². The van der Waals surface area contributed by atoms with Gasteiger partial charge in [0, 0.05) is 29.4 Å². The Morgan fingerprint density at radius 1 is 1.40 bits per heavy atom. The minimum absolute atomic E-state index is 0.0216. The number of rotatable bonds is 5. The molecule has 0 atom stereocenters. The fourth-order valence-corrected chi connectivity index (χ4v) is 3.33. The second-order valence-electron chi connectivity index (χ2n) is 4.83. The zero-order valence-corrected chi connectivity index (χ0v) is 13.3. The third-order valence-corrected chi connectivity index (χ3v) is 4.56. The lowest BCUT2D eigenvalue weighted by Gasteiger charge is -2.04. The molecule has 1 amide bonds. The number of nitrogens with zero attached hydrogens (tertiary/aromatic N) is 2. The van der Waals surface area contributed by atoms with Crippen LogP contribution >= 0.6 is 22.7 Å². The highest BCUT2D eigenvalue weighted by molar-refractivity contribution is 7.13. The van der Waals surface area contributed by atoms with Gasteiger partial charge in [0.05, 0.1) is 5.69 Å². The maximum Gasteiger partial charge on any atom is 0.307 e. The van der Waals surface area contributed by atoms with Gasteiger partial charge in [0.1, 0.15) is 0 Å². The van der Waals surface area contributed by atoms with E-state index in [0.717, 1.165) is 22.7 Å². The van der Waals surface area contributed by atoms with Crippen molar-refractivity contribution >= 4 is 33.7 Å². The first-order chi connectivity index (χ1) is 9.47. The van der Waals surface area contributed by atoms with Crippen LogP contribution in [0.25, 0.3) is 0 Å². The Balaban J connectivity index is 1.91. The molecule has 20 heavy (non-hydrogen) atoms. The lowest BCUT2D eigenvalue weighted by atomic mass is 10.2. The van der Waals surface area contributed by atoms with Crippen molar-refractivity contribution in [2.75, 3.05) is 5.32 Å². The highest BCUT2D eigenvalue weighted by Gasteiger charge is 2.10. The fraction of sp³-hybridized carbons (Fsp3) is 0.462. The molecule has 2 heterocycles. The Labute approximate surface area is 125 Å². The van der Waals surface area contributed by atoms with Gasteiger partial charge in [-0.3, -0.25) is 9.59 Å². The first-order valence-corrected chi connectivity index (χ1v) is 8.13. The summed E-state index contributed by atoms with van der Waals surface area (Å²) in [6, 6.07) is 0. The molecule has 2 aromatic rings. The van der Waals surface area contributed by atoms with Gasteiger partial charge in [0.2, 0.25) is 5.91 Å². The van der Waals surface area contributed by atoms with Gasteiger partial charge in [-0.25, -0.2) is 4.98 Å². The third kappa shape index (κ3) is 3.55. The Morgan fingerprint density at radius 3 is 2.70 bits per heavy atom. The molecule has 0 spiro atoms. The van der Waals surface area contributed by atoms with Crippen LogP contribution in [0.1, 0.15) is 37.6 Å². The average molecular weight is 311 g/mol. The molecule has 0 fully saturated rings. The molecular formula is C13H17N3O2S2. The van der Waals surface area contributed by atoms with E-state index in [1.807, 2.05) is 12.3 Å². The summed E-state index contributed by atoms with van der Waals surface area (Å²) >= 11 is 2.58. The van der Waals surface area contributed by atoms with Crippen LogP contribution < -0.4 is 10.2 Å². The summed E-state index contributed by atoms with van der Waals surface area (Å²) < 4.78 is 1.62. The van der Waals surface area contributed by atoms with Crippen LogP contribution in [-0.2, 0) is 11.3 Å². The number of nitrogens with one attached hydrogen (secondary N) is 1. The molecule has 108 valence electrons. The van der Waals surface area contributed by atoms with E-state index in [9.17, 15) is 9.59 Å². The molecule has 0 aliphatic heterocycles. The second kappa shape index (κ2) is 6.32. The molecule has 0 aromatic carbocycles. The Hall–Kier alpha value is -1.47. The van der Waals surface area contributed by atoms with Crippen molar-refractivity contribution in [3.63, 3.8) is 0 Å². The van der Waals surface area contributed by atoms with Crippen molar-refractivity contribution < 1.29 is 4.79 Å². The topological polar surface area (TPSA) is 64.0 Å². The van der Waals surface area contributed by atoms with Crippen LogP contribution in [0.2, 0.25) is 0 Å². The van der Waals surface area contributed by atoms with Gasteiger partial charge in [-0.05, 0) is 12.8 Å². The molecule has 1 N–H and O–H groups in total. The quantitative estimate of drug-likeness (QED) is 0.923. The van der Waals surface area contributed by atoms with Crippen molar-refractivity contribution in [1.29, 1.82) is 0 Å². The van der Waals surface area contributed by atoms with Gasteiger partial charge in [-0.15, -0.1) is 11.3 Å². The van der Waals surface area contributed by atoms with Gasteiger partial charge in [-0.2, -0.15) is 0 Å². The lowest BCUT2D eigenvalue weighted by Crippen LogP contribution is -2.20. The molecule has 0 aliphatic carbocycles. The predicted octanol–water partition coefficient (Wildman–Crippen LogP) is 2.83. The van der Waals surface area contributed by atoms with E-state index in [0.29, 0.717) is 17.6 Å². The van der Waals surface area contributed by atoms with Crippen molar-refractivity contribution in [2.24, 2.45) is 0 Å². The van der Waals surface area contributed by atoms with E-state index in [1.165, 1.54) is 11.3 Å². The molecule has 7 heteroatoms. The smallest absolute Gasteiger partial charge is 0.303 e. The monoisotopic (exact) mass is 311 g/mol. The van der Waals surface area contributed by atoms with Crippen LogP contribution in [0.15, 0.2) is 15.6 Å². The first kappa shape index (κ1) is 14.9. The van der Waals surface area contributed by atoms with E-state index < -0.39 is 0 Å². The number of carbonyl (C=O) groups excluding carboxylic acids is 1. The number of carbonyl (C=O) groups is 1. The van der Waals surface area contributed by atoms with Gasteiger partial charge in [0.15, 0.2) is 5.13 Å². The van der Waals surface area contributed by atoms with Crippen molar-refractivity contribution in [1.82, 2.24) is 9.55 Å². The van der Waals surface area contributed by atoms with Crippen molar-refractivity contribution in [3.8, 4) is 0 Å². The Morgan fingerprint density at radius 2 is 2.15 bits per heavy atom. The number of anilines is 1. The standard InChI is InChI=1S/C13H17N3O2S2/c1-8(2)10-7-19-12(14-10)15-11(17)4-5-16-9(3)6-20-13(16)18/h6-8H,4-5H2,1-3H3,(H,14,15,17). The van der Waals surface area contributed by atoms with Crippen molar-refractivity contribution in [3.05, 3.63) is 31.8 Å². The predicted molar refractivity (Wildman–Crippen MR) is 82.8 cm³/mol. The number of hydrogen-bond acceptors (Lipinski definition) is 5. The largest absolute Gasteiger partial charge is 0.307 e. The minimum atomic E-state index is -0.118. The number of thiazole rings is 2. The van der Waals surface area contributed by atoms with Crippen molar-refractivity contribution in [2.45, 2.75) is 39.7 Å². The summed E-state index contributed by atoms with van der Waals surface area (Å²) in [5.41, 5.74) is 1.87. The van der Waals surface area contributed by atoms with Crippen LogP contribution in [0.5, 0.6) is 0 Å². The van der Waals surface area contributed by atoms with Gasteiger partial charge < -0.3 is 9.88 Å². The molecule has 2 rings (SSSR count). The van der Waals surface area contributed by atoms with Crippen LogP contribution in [0.3, 0.4) is 0 Å². The normalized spacial score (nSPS) is 11.0. The van der Waals surface area contributed by atoms with Gasteiger partial charge in [-0.1, -0.05) is 25.2 Å². The summed E-state index contributed by atoms with van der Waals surface area (Å²) in [7, 11) is 0. The number of aryl methyl sites for hydroxylation is 1. The summed E-state index contributed by atoms with van der Waals surface area (Å²) in [5, 5.41) is 7.15. The minimum Gasteiger partial charge on any atom is -0.303 e. The first-order valence-electron chi connectivity index (χ1n) is 6.37. The lowest BCUT2D eigenvalue weighted by molar-refractivity contribution is -0.116. The highest BCUT2D eigenvalue weighted by Crippen LogP contribution is 2.21. The molecular weight excluding hydrogens is 294 g/mol. The zero-order valence-electron chi connectivity index (χ0n) is 11.7. The van der Waals surface area contributed by atoms with Crippen LogP contribution in [0.4, 0.5) is 5.13 Å². The number of amides is 1. The van der Waals surface area contributed by atoms with E-state index in [-0.39, 0.29) is 17.2 Å². The number of aromatic nitrogens is 2. The molecule has 2 aromatic heterocycles. The maximum atomic E-state index is 11.9. The molecule has 0 saturated heterocycles. The molecule has 0 aliphatic rings. The summed E-state index contributed by atoms with van der Waals surface area (Å²) in [4.78, 5) is 27.7. The van der Waals surface area contributed by atoms with Gasteiger partial charge in [0.25, 0.3) is 0 Å². The second-order valence-corrected chi connectivity index (χ2v) is 6.50. The molecule has 5 nitrogen and oxygen atoms in total. The highest BCUT2D eigenvalue weighted by atomic mass is 32.1. The van der Waals surface area contributed by atoms with E-state index in [1.54, 1.807) is 9.95 Å². The SMILES string of the molecule is Cc1csc(=O)n1CCC(=O)Nc1nc(C(C)C)cs1. The van der Waals surface area contributed by atoms with E-state index in [4.69, 9.17) is 0 Å². The molecule has 0 radical (unpaired) electrons. The fourth-order valence-electron chi connectivity index (χ4n) is 1.68. The maximum absolute atomic E-state index is 11.9. The average Bonchev–Trinajstić information content (AvgIpc) is 2.96. The third-order valence-electron chi connectivity index (χ3n) is 2.90. The summed E-state index contributed by atoms with van der Waals surface area (Å²) in [6.07, 6.45) is 0.272. The van der Waals surface area contributed by atoms with Gasteiger partial charge >= 0.3 is 4.87 Å². The van der Waals surface area contributed by atoms with Crippen LogP contribution in [0, 0.1) is 6.92 Å². The Bertz CT molecular complexity index is 655. The molecule has 0 bridgehead atoms. The Kier molecular flexibility index (Phi) is 4.72. The van der Waals surface area contributed by atoms with E-state index >= 15 is 0 Å². The molecule has 0 unspecified atom stereocenters. The zero-order chi connectivity index (χ0) is 14.7. The summed E-state index contributed by atoms with van der Waals surface area (Å²) in [6.45, 7) is 6.40. The summed E-state index contributed by atoms with van der Waals surface area (Å²) in [5.74, 6) is 0.232. The van der Waals surface area contributed by atoms with E-state index in [2.05, 4.69) is 24.1 Å². The molecule has 0 saturated carbocycles. The number of hydrogen-bond donors (Lipinski definition) is 1.